The maximum absolute atomic E-state index is 11.8. The number of carbonyl (C=O) groups excluding carboxylic acids is 1. The molecule has 2 N–H and O–H groups in total. The molecule has 0 aromatic heterocycles. The number of para-hydroxylation sites is 1. The summed E-state index contributed by atoms with van der Waals surface area (Å²) in [6.45, 7) is 2.32. The number of nitrogens with zero attached hydrogens (tertiary/aromatic N) is 1. The van der Waals surface area contributed by atoms with Crippen molar-refractivity contribution in [2.75, 3.05) is 39.0 Å². The van der Waals surface area contributed by atoms with E-state index in [1.807, 2.05) is 43.3 Å². The number of amides is 1. The summed E-state index contributed by atoms with van der Waals surface area (Å²) < 4.78 is 1.06. The van der Waals surface area contributed by atoms with Crippen LogP contribution in [0, 0.1) is 3.57 Å². The highest BCUT2D eigenvalue weighted by atomic mass is 127. The molecule has 0 bridgehead atoms. The molecule has 4 nitrogen and oxygen atoms in total. The quantitative estimate of drug-likeness (QED) is 0.575. The van der Waals surface area contributed by atoms with E-state index in [-0.39, 0.29) is 5.91 Å². The minimum Gasteiger partial charge on any atom is -0.324 e. The molecule has 0 fully saturated rings. The number of anilines is 1. The van der Waals surface area contributed by atoms with Crippen LogP contribution in [0.25, 0.3) is 0 Å². The number of hydrogen-bond donors (Lipinski definition) is 2. The van der Waals surface area contributed by atoms with E-state index in [2.05, 4.69) is 33.2 Å². The lowest BCUT2D eigenvalue weighted by Gasteiger charge is -2.16. The van der Waals surface area contributed by atoms with Crippen molar-refractivity contribution in [3.8, 4) is 0 Å². The number of carbonyl (C=O) groups is 1. The third-order valence-corrected chi connectivity index (χ3v) is 3.47. The van der Waals surface area contributed by atoms with Gasteiger partial charge < -0.3 is 10.6 Å². The van der Waals surface area contributed by atoms with Gasteiger partial charge in [-0.15, -0.1) is 0 Å². The third-order valence-electron chi connectivity index (χ3n) is 2.53. The minimum absolute atomic E-state index is 0.0334. The Morgan fingerprint density at radius 1 is 1.39 bits per heavy atom. The molecule has 1 rings (SSSR count). The zero-order chi connectivity index (χ0) is 13.4. The number of likely N-dealkylation sites (N-methyl/N-ethyl adjacent to an activating group) is 1. The van der Waals surface area contributed by atoms with E-state index in [0.29, 0.717) is 6.54 Å². The topological polar surface area (TPSA) is 44.4 Å². The van der Waals surface area contributed by atoms with Crippen LogP contribution >= 0.6 is 22.6 Å². The molecule has 5 heteroatoms. The molecule has 0 aliphatic heterocycles. The van der Waals surface area contributed by atoms with Gasteiger partial charge >= 0.3 is 0 Å². The highest BCUT2D eigenvalue weighted by molar-refractivity contribution is 14.1. The molecule has 1 amide bonds. The lowest BCUT2D eigenvalue weighted by Crippen LogP contribution is -2.32. The molecule has 100 valence electrons. The summed E-state index contributed by atoms with van der Waals surface area (Å²) >= 11 is 2.22. The Balaban J connectivity index is 2.35. The fraction of sp³-hybridized carbons (Fsp3) is 0.462. The molecule has 0 heterocycles. The number of halogens is 1. The van der Waals surface area contributed by atoms with Crippen LogP contribution in [0.4, 0.5) is 5.69 Å². The largest absolute Gasteiger partial charge is 0.324 e. The predicted molar refractivity (Wildman–Crippen MR) is 83.8 cm³/mol. The van der Waals surface area contributed by atoms with Gasteiger partial charge in [-0.25, -0.2) is 0 Å². The van der Waals surface area contributed by atoms with Gasteiger partial charge in [-0.05, 0) is 68.3 Å². The SMILES string of the molecule is CNCCCN(C)CC(=O)Nc1ccccc1I. The smallest absolute Gasteiger partial charge is 0.238 e. The predicted octanol–water partition coefficient (Wildman–Crippen LogP) is 1.77. The zero-order valence-electron chi connectivity index (χ0n) is 10.9. The normalized spacial score (nSPS) is 10.7. The van der Waals surface area contributed by atoms with Crippen molar-refractivity contribution >= 4 is 34.2 Å². The van der Waals surface area contributed by atoms with Crippen molar-refractivity contribution in [1.29, 1.82) is 0 Å². The Kier molecular flexibility index (Phi) is 7.22. The Morgan fingerprint density at radius 3 is 2.78 bits per heavy atom. The summed E-state index contributed by atoms with van der Waals surface area (Å²) in [5, 5.41) is 6.02. The van der Waals surface area contributed by atoms with Crippen LogP contribution < -0.4 is 10.6 Å². The first-order valence-electron chi connectivity index (χ1n) is 6.01. The van der Waals surface area contributed by atoms with Crippen LogP contribution in [0.1, 0.15) is 6.42 Å². The first-order valence-corrected chi connectivity index (χ1v) is 7.09. The molecular weight excluding hydrogens is 341 g/mol. The van der Waals surface area contributed by atoms with Crippen LogP contribution in [0.3, 0.4) is 0 Å². The van der Waals surface area contributed by atoms with Crippen LogP contribution in [0.15, 0.2) is 24.3 Å². The fourth-order valence-electron chi connectivity index (χ4n) is 1.60. The molecule has 0 aliphatic rings. The average molecular weight is 361 g/mol. The maximum Gasteiger partial charge on any atom is 0.238 e. The molecule has 0 spiro atoms. The highest BCUT2D eigenvalue weighted by Gasteiger charge is 2.07. The average Bonchev–Trinajstić information content (AvgIpc) is 2.32. The lowest BCUT2D eigenvalue weighted by atomic mass is 10.3. The molecule has 0 atom stereocenters. The van der Waals surface area contributed by atoms with Gasteiger partial charge in [0, 0.05) is 3.57 Å². The summed E-state index contributed by atoms with van der Waals surface area (Å²) in [6, 6.07) is 7.78. The molecule has 0 unspecified atom stereocenters. The van der Waals surface area contributed by atoms with E-state index < -0.39 is 0 Å². The fourth-order valence-corrected chi connectivity index (χ4v) is 2.12. The molecule has 0 radical (unpaired) electrons. The lowest BCUT2D eigenvalue weighted by molar-refractivity contribution is -0.117. The molecule has 0 saturated carbocycles. The van der Waals surface area contributed by atoms with E-state index in [1.54, 1.807) is 0 Å². The monoisotopic (exact) mass is 361 g/mol. The van der Waals surface area contributed by atoms with Crippen molar-refractivity contribution in [1.82, 2.24) is 10.2 Å². The zero-order valence-corrected chi connectivity index (χ0v) is 13.0. The maximum atomic E-state index is 11.8. The van der Waals surface area contributed by atoms with Crippen molar-refractivity contribution in [2.24, 2.45) is 0 Å². The molecular formula is C13H20IN3O. The van der Waals surface area contributed by atoms with Crippen molar-refractivity contribution < 1.29 is 4.79 Å². The van der Waals surface area contributed by atoms with Gasteiger partial charge in [-0.2, -0.15) is 0 Å². The van der Waals surface area contributed by atoms with Gasteiger partial charge in [-0.1, -0.05) is 12.1 Å². The Morgan fingerprint density at radius 2 is 2.11 bits per heavy atom. The van der Waals surface area contributed by atoms with Crippen LogP contribution in [-0.2, 0) is 4.79 Å². The summed E-state index contributed by atoms with van der Waals surface area (Å²) in [4.78, 5) is 13.9. The van der Waals surface area contributed by atoms with E-state index in [0.717, 1.165) is 28.8 Å². The third kappa shape index (κ3) is 5.79. The van der Waals surface area contributed by atoms with Gasteiger partial charge in [0.15, 0.2) is 0 Å². The standard InChI is InChI=1S/C13H20IN3O/c1-15-8-5-9-17(2)10-13(18)16-12-7-4-3-6-11(12)14/h3-4,6-7,15H,5,8-10H2,1-2H3,(H,16,18). The second kappa shape index (κ2) is 8.44. The Bertz CT molecular complexity index is 384. The second-order valence-corrected chi connectivity index (χ2v) is 5.39. The number of nitrogens with one attached hydrogen (secondary N) is 2. The van der Waals surface area contributed by atoms with Crippen molar-refractivity contribution in [3.05, 3.63) is 27.8 Å². The number of rotatable bonds is 7. The first-order chi connectivity index (χ1) is 8.63. The van der Waals surface area contributed by atoms with Gasteiger partial charge in [0.05, 0.1) is 12.2 Å². The van der Waals surface area contributed by atoms with Crippen molar-refractivity contribution in [3.63, 3.8) is 0 Å². The van der Waals surface area contributed by atoms with E-state index >= 15 is 0 Å². The number of benzene rings is 1. The summed E-state index contributed by atoms with van der Waals surface area (Å²) in [5.41, 5.74) is 0.881. The van der Waals surface area contributed by atoms with Crippen LogP contribution in [0.5, 0.6) is 0 Å². The molecule has 0 saturated heterocycles. The second-order valence-electron chi connectivity index (χ2n) is 4.22. The van der Waals surface area contributed by atoms with Gasteiger partial charge in [0.25, 0.3) is 0 Å². The highest BCUT2D eigenvalue weighted by Crippen LogP contribution is 2.16. The number of hydrogen-bond acceptors (Lipinski definition) is 3. The summed E-state index contributed by atoms with van der Waals surface area (Å²) in [7, 11) is 3.90. The van der Waals surface area contributed by atoms with Gasteiger partial charge in [0.2, 0.25) is 5.91 Å². The van der Waals surface area contributed by atoms with Crippen LogP contribution in [-0.4, -0.2) is 44.5 Å². The summed E-state index contributed by atoms with van der Waals surface area (Å²) in [6.07, 6.45) is 1.04. The van der Waals surface area contributed by atoms with Gasteiger partial charge in [-0.3, -0.25) is 9.69 Å². The van der Waals surface area contributed by atoms with E-state index in [1.165, 1.54) is 0 Å². The van der Waals surface area contributed by atoms with Crippen molar-refractivity contribution in [2.45, 2.75) is 6.42 Å². The molecule has 18 heavy (non-hydrogen) atoms. The first kappa shape index (κ1) is 15.4. The minimum atomic E-state index is 0.0334. The Labute approximate surface area is 122 Å². The van der Waals surface area contributed by atoms with Crippen LogP contribution in [0.2, 0.25) is 0 Å². The summed E-state index contributed by atoms with van der Waals surface area (Å²) in [5.74, 6) is 0.0334. The molecule has 1 aromatic rings. The molecule has 0 aliphatic carbocycles. The van der Waals surface area contributed by atoms with Gasteiger partial charge in [0.1, 0.15) is 0 Å². The van der Waals surface area contributed by atoms with E-state index in [4.69, 9.17) is 0 Å². The Hall–Kier alpha value is -0.660. The molecule has 1 aromatic carbocycles. The van der Waals surface area contributed by atoms with E-state index in [9.17, 15) is 4.79 Å².